The molecule has 0 heterocycles. The lowest BCUT2D eigenvalue weighted by Crippen LogP contribution is -2.49. The second-order valence-electron chi connectivity index (χ2n) is 4.07. The SMILES string of the molecule is C/C=C(\C)C1(OC)C(=O)c2cccc(OC)c21. The van der Waals surface area contributed by atoms with Crippen LogP contribution in [0.3, 0.4) is 0 Å². The van der Waals surface area contributed by atoms with E-state index in [0.29, 0.717) is 11.3 Å². The summed E-state index contributed by atoms with van der Waals surface area (Å²) in [5.74, 6) is 0.703. The van der Waals surface area contributed by atoms with Crippen LogP contribution in [0.2, 0.25) is 0 Å². The van der Waals surface area contributed by atoms with Gasteiger partial charge in [-0.1, -0.05) is 18.2 Å². The van der Waals surface area contributed by atoms with Gasteiger partial charge in [0, 0.05) is 18.2 Å². The van der Waals surface area contributed by atoms with E-state index in [1.54, 1.807) is 20.3 Å². The van der Waals surface area contributed by atoms with Crippen LogP contribution < -0.4 is 4.74 Å². The summed E-state index contributed by atoms with van der Waals surface area (Å²) in [5, 5.41) is 0. The summed E-state index contributed by atoms with van der Waals surface area (Å²) >= 11 is 0. The highest BCUT2D eigenvalue weighted by Gasteiger charge is 2.55. The molecule has 1 unspecified atom stereocenters. The van der Waals surface area contributed by atoms with E-state index in [-0.39, 0.29) is 5.78 Å². The first-order valence-electron chi connectivity index (χ1n) is 5.54. The summed E-state index contributed by atoms with van der Waals surface area (Å²) in [6, 6.07) is 5.47. The van der Waals surface area contributed by atoms with Crippen LogP contribution in [-0.2, 0) is 10.3 Å². The van der Waals surface area contributed by atoms with Gasteiger partial charge in [0.2, 0.25) is 5.78 Å². The van der Waals surface area contributed by atoms with E-state index in [2.05, 4.69) is 0 Å². The van der Waals surface area contributed by atoms with Gasteiger partial charge in [-0.25, -0.2) is 0 Å². The van der Waals surface area contributed by atoms with Crippen LogP contribution in [0, 0.1) is 0 Å². The Morgan fingerprint density at radius 2 is 2.06 bits per heavy atom. The first-order valence-corrected chi connectivity index (χ1v) is 5.54. The van der Waals surface area contributed by atoms with Crippen molar-refractivity contribution in [2.45, 2.75) is 19.4 Å². The fourth-order valence-corrected chi connectivity index (χ4v) is 2.43. The van der Waals surface area contributed by atoms with Gasteiger partial charge in [0.1, 0.15) is 5.75 Å². The summed E-state index contributed by atoms with van der Waals surface area (Å²) in [5.41, 5.74) is 1.47. The molecule has 0 aromatic heterocycles. The average Bonchev–Trinajstić information content (AvgIpc) is 2.38. The molecule has 0 aliphatic heterocycles. The third kappa shape index (κ3) is 1.29. The highest BCUT2D eigenvalue weighted by molar-refractivity contribution is 6.15. The van der Waals surface area contributed by atoms with Crippen LogP contribution in [0.1, 0.15) is 29.8 Å². The minimum Gasteiger partial charge on any atom is -0.496 e. The van der Waals surface area contributed by atoms with Crippen molar-refractivity contribution in [3.05, 3.63) is 41.0 Å². The zero-order valence-corrected chi connectivity index (χ0v) is 10.5. The third-order valence-electron chi connectivity index (χ3n) is 3.46. The molecule has 0 bridgehead atoms. The van der Waals surface area contributed by atoms with E-state index in [1.807, 2.05) is 32.1 Å². The molecule has 1 atom stereocenters. The Balaban J connectivity index is 2.69. The smallest absolute Gasteiger partial charge is 0.204 e. The van der Waals surface area contributed by atoms with Crippen molar-refractivity contribution in [1.29, 1.82) is 0 Å². The van der Waals surface area contributed by atoms with Crippen molar-refractivity contribution in [2.24, 2.45) is 0 Å². The molecule has 0 saturated carbocycles. The van der Waals surface area contributed by atoms with E-state index in [4.69, 9.17) is 9.47 Å². The predicted molar refractivity (Wildman–Crippen MR) is 65.4 cm³/mol. The number of methoxy groups -OCH3 is 2. The number of benzene rings is 1. The molecule has 1 aromatic carbocycles. The van der Waals surface area contributed by atoms with E-state index in [0.717, 1.165) is 11.1 Å². The molecule has 0 N–H and O–H groups in total. The Morgan fingerprint density at radius 3 is 2.59 bits per heavy atom. The molecule has 3 heteroatoms. The minimum atomic E-state index is -0.948. The van der Waals surface area contributed by atoms with Gasteiger partial charge >= 0.3 is 0 Å². The average molecular weight is 232 g/mol. The maximum atomic E-state index is 12.3. The van der Waals surface area contributed by atoms with Crippen LogP contribution in [0.5, 0.6) is 5.75 Å². The van der Waals surface area contributed by atoms with Gasteiger partial charge < -0.3 is 9.47 Å². The summed E-state index contributed by atoms with van der Waals surface area (Å²) in [6.07, 6.45) is 1.90. The first-order chi connectivity index (χ1) is 8.13. The zero-order chi connectivity index (χ0) is 12.6. The molecule has 1 aromatic rings. The Kier molecular flexibility index (Phi) is 2.79. The number of hydrogen-bond acceptors (Lipinski definition) is 3. The number of ketones is 1. The number of ether oxygens (including phenoxy) is 2. The molecule has 0 spiro atoms. The number of carbonyl (C=O) groups excluding carboxylic acids is 1. The van der Waals surface area contributed by atoms with Crippen molar-refractivity contribution < 1.29 is 14.3 Å². The Bertz CT molecular complexity index is 502. The molecule has 0 saturated heterocycles. The molecule has 3 nitrogen and oxygen atoms in total. The fourth-order valence-electron chi connectivity index (χ4n) is 2.43. The van der Waals surface area contributed by atoms with Crippen LogP contribution in [0.25, 0.3) is 0 Å². The quantitative estimate of drug-likeness (QED) is 0.752. The zero-order valence-electron chi connectivity index (χ0n) is 10.5. The van der Waals surface area contributed by atoms with Crippen LogP contribution >= 0.6 is 0 Å². The van der Waals surface area contributed by atoms with Gasteiger partial charge in [-0.2, -0.15) is 0 Å². The largest absolute Gasteiger partial charge is 0.496 e. The Hall–Kier alpha value is -1.61. The normalized spacial score (nSPS) is 23.1. The van der Waals surface area contributed by atoms with Crippen molar-refractivity contribution in [3.63, 3.8) is 0 Å². The van der Waals surface area contributed by atoms with Gasteiger partial charge in [0.05, 0.1) is 7.11 Å². The molecule has 90 valence electrons. The summed E-state index contributed by atoms with van der Waals surface area (Å²) < 4.78 is 10.8. The topological polar surface area (TPSA) is 35.5 Å². The van der Waals surface area contributed by atoms with Gasteiger partial charge in [0.15, 0.2) is 5.60 Å². The predicted octanol–water partition coefficient (Wildman–Crippen LogP) is 2.70. The first kappa shape index (κ1) is 11.9. The second-order valence-corrected chi connectivity index (χ2v) is 4.07. The second kappa shape index (κ2) is 4.00. The molecule has 17 heavy (non-hydrogen) atoms. The van der Waals surface area contributed by atoms with Crippen LogP contribution in [0.4, 0.5) is 0 Å². The summed E-state index contributed by atoms with van der Waals surface area (Å²) in [4.78, 5) is 12.3. The lowest BCUT2D eigenvalue weighted by atomic mass is 9.67. The van der Waals surface area contributed by atoms with Crippen LogP contribution in [0.15, 0.2) is 29.8 Å². The Morgan fingerprint density at radius 1 is 1.35 bits per heavy atom. The minimum absolute atomic E-state index is 0.00417. The highest BCUT2D eigenvalue weighted by atomic mass is 16.5. The summed E-state index contributed by atoms with van der Waals surface area (Å²) in [6.45, 7) is 3.80. The van der Waals surface area contributed by atoms with Crippen molar-refractivity contribution >= 4 is 5.78 Å². The van der Waals surface area contributed by atoms with E-state index >= 15 is 0 Å². The Labute approximate surface area is 101 Å². The number of carbonyl (C=O) groups is 1. The molecule has 1 aliphatic rings. The maximum absolute atomic E-state index is 12.3. The van der Waals surface area contributed by atoms with E-state index in [1.165, 1.54) is 0 Å². The van der Waals surface area contributed by atoms with Crippen molar-refractivity contribution in [2.75, 3.05) is 14.2 Å². The van der Waals surface area contributed by atoms with Gasteiger partial charge in [-0.05, 0) is 25.5 Å². The number of fused-ring (bicyclic) bond motifs is 1. The molecule has 1 aliphatic carbocycles. The standard InChI is InChI=1S/C14H16O3/c1-5-9(2)14(17-4)12-10(13(14)15)7-6-8-11(12)16-3/h5-8H,1-4H3/b9-5+. The van der Waals surface area contributed by atoms with Crippen molar-refractivity contribution in [3.8, 4) is 5.75 Å². The number of Topliss-reactive ketones (excluding diaryl/α,β-unsaturated/α-hetero) is 1. The molecule has 0 fully saturated rings. The number of allylic oxidation sites excluding steroid dienone is 1. The molecule has 0 radical (unpaired) electrons. The third-order valence-corrected chi connectivity index (χ3v) is 3.46. The lowest BCUT2D eigenvalue weighted by Gasteiger charge is -2.42. The molecular weight excluding hydrogens is 216 g/mol. The lowest BCUT2D eigenvalue weighted by molar-refractivity contribution is 0.00708. The van der Waals surface area contributed by atoms with Crippen molar-refractivity contribution in [1.82, 2.24) is 0 Å². The van der Waals surface area contributed by atoms with Gasteiger partial charge in [-0.15, -0.1) is 0 Å². The van der Waals surface area contributed by atoms with Crippen LogP contribution in [-0.4, -0.2) is 20.0 Å². The maximum Gasteiger partial charge on any atom is 0.204 e. The molecule has 0 amide bonds. The highest BCUT2D eigenvalue weighted by Crippen LogP contribution is 2.50. The fraction of sp³-hybridized carbons (Fsp3) is 0.357. The number of hydrogen-bond donors (Lipinski definition) is 0. The van der Waals surface area contributed by atoms with Gasteiger partial charge in [0.25, 0.3) is 0 Å². The monoisotopic (exact) mass is 232 g/mol. The van der Waals surface area contributed by atoms with E-state index in [9.17, 15) is 4.79 Å². The number of rotatable bonds is 3. The van der Waals surface area contributed by atoms with Gasteiger partial charge in [-0.3, -0.25) is 4.79 Å². The molecule has 2 rings (SSSR count). The summed E-state index contributed by atoms with van der Waals surface area (Å²) in [7, 11) is 3.16. The molecular formula is C14H16O3. The van der Waals surface area contributed by atoms with E-state index < -0.39 is 5.60 Å².